The molecule has 1 rings (SSSR count). The number of hydrogen-bond donors (Lipinski definition) is 3. The molecule has 0 atom stereocenters. The molecule has 0 radical (unpaired) electrons. The van der Waals surface area contributed by atoms with Crippen LogP contribution >= 0.6 is 0 Å². The van der Waals surface area contributed by atoms with E-state index in [0.717, 1.165) is 0 Å². The molecule has 1 heterocycles. The van der Waals surface area contributed by atoms with Crippen LogP contribution in [0.25, 0.3) is 0 Å². The number of pyridine rings is 1. The standard InChI is InChI=1S/C8H8F2N2O3/c9-6(10)3-1-4(8(14)15)7(13)12-5(3)2-11/h1,6H,2,11H2,(H,12,13)(H,14,15). The first-order chi connectivity index (χ1) is 6.97. The van der Waals surface area contributed by atoms with Gasteiger partial charge in [-0.2, -0.15) is 0 Å². The molecule has 0 spiro atoms. The Bertz CT molecular complexity index is 442. The quantitative estimate of drug-likeness (QED) is 0.687. The van der Waals surface area contributed by atoms with E-state index in [1.165, 1.54) is 0 Å². The summed E-state index contributed by atoms with van der Waals surface area (Å²) in [7, 11) is 0. The van der Waals surface area contributed by atoms with E-state index in [1.54, 1.807) is 0 Å². The normalized spacial score (nSPS) is 10.7. The molecule has 7 heteroatoms. The molecule has 82 valence electrons. The minimum atomic E-state index is -2.88. The molecular formula is C8H8F2N2O3. The third-order valence-electron chi connectivity index (χ3n) is 1.83. The van der Waals surface area contributed by atoms with Crippen LogP contribution in [0, 0.1) is 0 Å². The van der Waals surface area contributed by atoms with E-state index in [1.807, 2.05) is 4.98 Å². The van der Waals surface area contributed by atoms with Gasteiger partial charge in [0.25, 0.3) is 12.0 Å². The predicted molar refractivity (Wildman–Crippen MR) is 46.9 cm³/mol. The lowest BCUT2D eigenvalue weighted by molar-refractivity contribution is 0.0694. The van der Waals surface area contributed by atoms with Gasteiger partial charge < -0.3 is 15.8 Å². The van der Waals surface area contributed by atoms with Gasteiger partial charge in [-0.25, -0.2) is 13.6 Å². The maximum Gasteiger partial charge on any atom is 0.341 e. The van der Waals surface area contributed by atoms with Crippen molar-refractivity contribution in [2.45, 2.75) is 13.0 Å². The number of halogens is 2. The maximum absolute atomic E-state index is 12.4. The Morgan fingerprint density at radius 2 is 2.20 bits per heavy atom. The van der Waals surface area contributed by atoms with E-state index in [-0.39, 0.29) is 12.2 Å². The number of carboxylic acids is 1. The minimum absolute atomic E-state index is 0.153. The molecular weight excluding hydrogens is 210 g/mol. The van der Waals surface area contributed by atoms with Crippen LogP contribution in [0.5, 0.6) is 0 Å². The first kappa shape index (κ1) is 11.3. The third kappa shape index (κ3) is 2.18. The number of aromatic nitrogens is 1. The highest BCUT2D eigenvalue weighted by Crippen LogP contribution is 2.21. The van der Waals surface area contributed by atoms with Crippen LogP contribution in [0.1, 0.15) is 28.0 Å². The zero-order valence-corrected chi connectivity index (χ0v) is 7.46. The van der Waals surface area contributed by atoms with Crippen molar-refractivity contribution in [3.05, 3.63) is 33.2 Å². The number of nitrogens with one attached hydrogen (secondary N) is 1. The van der Waals surface area contributed by atoms with E-state index in [0.29, 0.717) is 6.07 Å². The summed E-state index contributed by atoms with van der Waals surface area (Å²) in [5.74, 6) is -1.55. The molecule has 0 unspecified atom stereocenters. The first-order valence-corrected chi connectivity index (χ1v) is 3.95. The summed E-state index contributed by atoms with van der Waals surface area (Å²) >= 11 is 0. The average Bonchev–Trinajstić information content (AvgIpc) is 2.16. The van der Waals surface area contributed by atoms with Gasteiger partial charge in [0.2, 0.25) is 0 Å². The molecule has 0 aromatic carbocycles. The summed E-state index contributed by atoms with van der Waals surface area (Å²) in [4.78, 5) is 23.6. The number of H-pyrrole nitrogens is 1. The summed E-state index contributed by atoms with van der Waals surface area (Å²) < 4.78 is 24.8. The monoisotopic (exact) mass is 218 g/mol. The molecule has 0 aliphatic heterocycles. The molecule has 0 fully saturated rings. The zero-order valence-electron chi connectivity index (χ0n) is 7.46. The number of rotatable bonds is 3. The molecule has 0 aliphatic carbocycles. The lowest BCUT2D eigenvalue weighted by atomic mass is 10.1. The molecule has 0 aliphatic rings. The second-order valence-electron chi connectivity index (χ2n) is 2.76. The SMILES string of the molecule is NCc1[nH]c(=O)c(C(=O)O)cc1C(F)F. The van der Waals surface area contributed by atoms with Crippen LogP contribution < -0.4 is 11.3 Å². The molecule has 15 heavy (non-hydrogen) atoms. The Hall–Kier alpha value is -1.76. The average molecular weight is 218 g/mol. The first-order valence-electron chi connectivity index (χ1n) is 3.95. The van der Waals surface area contributed by atoms with Gasteiger partial charge in [0.1, 0.15) is 5.56 Å². The lowest BCUT2D eigenvalue weighted by Gasteiger charge is -2.07. The molecule has 1 aromatic rings. The van der Waals surface area contributed by atoms with Gasteiger partial charge >= 0.3 is 5.97 Å². The van der Waals surface area contributed by atoms with Crippen LogP contribution in [0.15, 0.2) is 10.9 Å². The Morgan fingerprint density at radius 3 is 2.60 bits per heavy atom. The minimum Gasteiger partial charge on any atom is -0.477 e. The van der Waals surface area contributed by atoms with Gasteiger partial charge in [-0.3, -0.25) is 4.79 Å². The Kier molecular flexibility index (Phi) is 3.15. The molecule has 0 saturated heterocycles. The Morgan fingerprint density at radius 1 is 1.60 bits per heavy atom. The van der Waals surface area contributed by atoms with Crippen LogP contribution in [0.2, 0.25) is 0 Å². The zero-order chi connectivity index (χ0) is 11.6. The summed E-state index contributed by atoms with van der Waals surface area (Å²) in [6.45, 7) is -0.283. The van der Waals surface area contributed by atoms with Crippen molar-refractivity contribution in [3.8, 4) is 0 Å². The number of carbonyl (C=O) groups is 1. The van der Waals surface area contributed by atoms with Gasteiger partial charge in [-0.05, 0) is 6.07 Å². The van der Waals surface area contributed by atoms with Crippen LogP contribution in [0.4, 0.5) is 8.78 Å². The van der Waals surface area contributed by atoms with Gasteiger partial charge in [0.15, 0.2) is 0 Å². The number of hydrogen-bond acceptors (Lipinski definition) is 3. The highest BCUT2D eigenvalue weighted by molar-refractivity contribution is 5.87. The molecule has 5 nitrogen and oxygen atoms in total. The van der Waals surface area contributed by atoms with Crippen molar-refractivity contribution in [3.63, 3.8) is 0 Å². The largest absolute Gasteiger partial charge is 0.477 e. The second kappa shape index (κ2) is 4.18. The Balaban J connectivity index is 3.44. The highest BCUT2D eigenvalue weighted by atomic mass is 19.3. The van der Waals surface area contributed by atoms with Crippen LogP contribution in [0.3, 0.4) is 0 Å². The van der Waals surface area contributed by atoms with Crippen molar-refractivity contribution in [2.75, 3.05) is 0 Å². The molecule has 0 amide bonds. The fourth-order valence-electron chi connectivity index (χ4n) is 1.11. The fraction of sp³-hybridized carbons (Fsp3) is 0.250. The van der Waals surface area contributed by atoms with Crippen molar-refractivity contribution >= 4 is 5.97 Å². The summed E-state index contributed by atoms with van der Waals surface area (Å²) in [6, 6.07) is 0.647. The summed E-state index contributed by atoms with van der Waals surface area (Å²) in [6.07, 6.45) is -2.88. The molecule has 1 aromatic heterocycles. The molecule has 0 saturated carbocycles. The van der Waals surface area contributed by atoms with E-state index in [4.69, 9.17) is 10.8 Å². The molecule has 4 N–H and O–H groups in total. The van der Waals surface area contributed by atoms with Crippen molar-refractivity contribution in [2.24, 2.45) is 5.73 Å². The van der Waals surface area contributed by atoms with Gasteiger partial charge in [-0.1, -0.05) is 0 Å². The maximum atomic E-state index is 12.4. The Labute approximate surface area is 82.5 Å². The third-order valence-corrected chi connectivity index (χ3v) is 1.83. The molecule has 0 bridgehead atoms. The van der Waals surface area contributed by atoms with Crippen molar-refractivity contribution in [1.82, 2.24) is 4.98 Å². The topological polar surface area (TPSA) is 96.2 Å². The van der Waals surface area contributed by atoms with E-state index >= 15 is 0 Å². The van der Waals surface area contributed by atoms with Gasteiger partial charge in [0, 0.05) is 17.8 Å². The number of carboxylic acid groups (broad SMARTS) is 1. The van der Waals surface area contributed by atoms with Gasteiger partial charge in [0.05, 0.1) is 0 Å². The van der Waals surface area contributed by atoms with E-state index in [2.05, 4.69) is 0 Å². The second-order valence-corrected chi connectivity index (χ2v) is 2.76. The summed E-state index contributed by atoms with van der Waals surface area (Å²) in [5, 5.41) is 8.54. The predicted octanol–water partition coefficient (Wildman–Crippen LogP) is 0.469. The van der Waals surface area contributed by atoms with E-state index in [9.17, 15) is 18.4 Å². The van der Waals surface area contributed by atoms with E-state index < -0.39 is 29.1 Å². The van der Waals surface area contributed by atoms with Crippen molar-refractivity contribution < 1.29 is 18.7 Å². The van der Waals surface area contributed by atoms with Crippen LogP contribution in [-0.4, -0.2) is 16.1 Å². The number of alkyl halides is 2. The van der Waals surface area contributed by atoms with Crippen molar-refractivity contribution in [1.29, 1.82) is 0 Å². The number of nitrogens with two attached hydrogens (primary N) is 1. The number of aromatic amines is 1. The lowest BCUT2D eigenvalue weighted by Crippen LogP contribution is -2.22. The summed E-state index contributed by atoms with van der Waals surface area (Å²) in [5.41, 5.74) is 2.76. The van der Waals surface area contributed by atoms with Gasteiger partial charge in [-0.15, -0.1) is 0 Å². The fourth-order valence-corrected chi connectivity index (χ4v) is 1.11. The number of aromatic carboxylic acids is 1. The highest BCUT2D eigenvalue weighted by Gasteiger charge is 2.18. The van der Waals surface area contributed by atoms with Crippen LogP contribution in [-0.2, 0) is 6.54 Å². The smallest absolute Gasteiger partial charge is 0.341 e.